The summed E-state index contributed by atoms with van der Waals surface area (Å²) >= 11 is 0. The van der Waals surface area contributed by atoms with Crippen LogP contribution in [-0.4, -0.2) is 47.5 Å². The molecule has 1 aromatic rings. The zero-order valence-electron chi connectivity index (χ0n) is 11.0. The van der Waals surface area contributed by atoms with Crippen molar-refractivity contribution in [2.24, 2.45) is 0 Å². The third kappa shape index (κ3) is 3.11. The van der Waals surface area contributed by atoms with E-state index in [0.29, 0.717) is 12.3 Å². The summed E-state index contributed by atoms with van der Waals surface area (Å²) < 4.78 is 25.1. The van der Waals surface area contributed by atoms with E-state index in [1.54, 1.807) is 0 Å². The van der Waals surface area contributed by atoms with Crippen LogP contribution in [0.3, 0.4) is 0 Å². The van der Waals surface area contributed by atoms with Crippen LogP contribution in [-0.2, 0) is 22.9 Å². The number of sulfone groups is 1. The molecule has 18 heavy (non-hydrogen) atoms. The molecule has 1 aliphatic heterocycles. The molecule has 1 aromatic heterocycles. The standard InChI is InChI=1S/C12H21N3O2S/c1-3-6-15-7-5-13-12(15)9-14(2)11-4-8-18(16,17)10-11/h5,7,11H,3-4,6,8-10H2,1-2H3. The van der Waals surface area contributed by atoms with Gasteiger partial charge < -0.3 is 4.57 Å². The van der Waals surface area contributed by atoms with E-state index in [-0.39, 0.29) is 11.8 Å². The Balaban J connectivity index is 1.99. The molecule has 1 unspecified atom stereocenters. The first-order chi connectivity index (χ1) is 8.52. The fourth-order valence-corrected chi connectivity index (χ4v) is 4.22. The quantitative estimate of drug-likeness (QED) is 0.799. The minimum absolute atomic E-state index is 0.141. The normalized spacial score (nSPS) is 22.7. The zero-order chi connectivity index (χ0) is 13.2. The summed E-state index contributed by atoms with van der Waals surface area (Å²) in [4.78, 5) is 6.46. The highest BCUT2D eigenvalue weighted by Crippen LogP contribution is 2.18. The molecule has 0 aliphatic carbocycles. The van der Waals surface area contributed by atoms with Crippen LogP contribution in [0, 0.1) is 0 Å². The van der Waals surface area contributed by atoms with Crippen LogP contribution in [0.2, 0.25) is 0 Å². The highest BCUT2D eigenvalue weighted by molar-refractivity contribution is 7.91. The molecule has 0 N–H and O–H groups in total. The molecule has 102 valence electrons. The van der Waals surface area contributed by atoms with Gasteiger partial charge in [-0.05, 0) is 19.9 Å². The predicted molar refractivity (Wildman–Crippen MR) is 71.0 cm³/mol. The van der Waals surface area contributed by atoms with E-state index < -0.39 is 9.84 Å². The van der Waals surface area contributed by atoms with E-state index >= 15 is 0 Å². The van der Waals surface area contributed by atoms with Crippen LogP contribution >= 0.6 is 0 Å². The van der Waals surface area contributed by atoms with Crippen LogP contribution in [0.1, 0.15) is 25.6 Å². The summed E-state index contributed by atoms with van der Waals surface area (Å²) in [6.45, 7) is 3.82. The van der Waals surface area contributed by atoms with Crippen molar-refractivity contribution in [1.82, 2.24) is 14.5 Å². The van der Waals surface area contributed by atoms with E-state index in [1.807, 2.05) is 19.4 Å². The maximum atomic E-state index is 11.5. The van der Waals surface area contributed by atoms with Gasteiger partial charge in [0.05, 0.1) is 18.1 Å². The Bertz CT molecular complexity index is 495. The Morgan fingerprint density at radius 1 is 1.56 bits per heavy atom. The number of nitrogens with zero attached hydrogens (tertiary/aromatic N) is 3. The Hall–Kier alpha value is -0.880. The van der Waals surface area contributed by atoms with Crippen molar-refractivity contribution in [2.45, 2.75) is 38.9 Å². The van der Waals surface area contributed by atoms with Crippen molar-refractivity contribution in [3.63, 3.8) is 0 Å². The van der Waals surface area contributed by atoms with Crippen molar-refractivity contribution in [1.29, 1.82) is 0 Å². The molecular formula is C12H21N3O2S. The Morgan fingerprint density at radius 3 is 2.94 bits per heavy atom. The summed E-state index contributed by atoms with van der Waals surface area (Å²) in [5.41, 5.74) is 0. The molecule has 0 aromatic carbocycles. The largest absolute Gasteiger partial charge is 0.334 e. The van der Waals surface area contributed by atoms with Crippen LogP contribution < -0.4 is 0 Å². The summed E-state index contributed by atoms with van der Waals surface area (Å²) in [6, 6.07) is 0.141. The van der Waals surface area contributed by atoms with Gasteiger partial charge >= 0.3 is 0 Å². The molecule has 1 fully saturated rings. The number of hydrogen-bond donors (Lipinski definition) is 0. The lowest BCUT2D eigenvalue weighted by molar-refractivity contribution is 0.244. The number of aryl methyl sites for hydroxylation is 1. The third-order valence-corrected chi connectivity index (χ3v) is 5.24. The molecule has 1 aliphatic rings. The molecule has 0 amide bonds. The molecule has 2 heterocycles. The Labute approximate surface area is 109 Å². The van der Waals surface area contributed by atoms with E-state index in [9.17, 15) is 8.42 Å². The van der Waals surface area contributed by atoms with Gasteiger partial charge in [0.2, 0.25) is 0 Å². The van der Waals surface area contributed by atoms with Crippen molar-refractivity contribution in [3.8, 4) is 0 Å². The maximum Gasteiger partial charge on any atom is 0.151 e. The minimum Gasteiger partial charge on any atom is -0.334 e. The fraction of sp³-hybridized carbons (Fsp3) is 0.750. The first-order valence-electron chi connectivity index (χ1n) is 6.42. The second-order valence-electron chi connectivity index (χ2n) is 5.01. The fourth-order valence-electron chi connectivity index (χ4n) is 2.41. The average molecular weight is 271 g/mol. The molecule has 1 saturated heterocycles. The molecule has 1 atom stereocenters. The van der Waals surface area contributed by atoms with Crippen molar-refractivity contribution in [3.05, 3.63) is 18.2 Å². The van der Waals surface area contributed by atoms with Gasteiger partial charge in [0.1, 0.15) is 5.82 Å². The second-order valence-corrected chi connectivity index (χ2v) is 7.24. The predicted octanol–water partition coefficient (Wildman–Crippen LogP) is 0.912. The van der Waals surface area contributed by atoms with Crippen molar-refractivity contribution < 1.29 is 8.42 Å². The number of hydrogen-bond acceptors (Lipinski definition) is 4. The van der Waals surface area contributed by atoms with Gasteiger partial charge in [-0.1, -0.05) is 6.92 Å². The first kappa shape index (κ1) is 13.5. The van der Waals surface area contributed by atoms with E-state index in [1.165, 1.54) is 0 Å². The van der Waals surface area contributed by atoms with Gasteiger partial charge in [-0.2, -0.15) is 0 Å². The third-order valence-electron chi connectivity index (χ3n) is 3.49. The second kappa shape index (κ2) is 5.40. The van der Waals surface area contributed by atoms with Gasteiger partial charge in [-0.25, -0.2) is 13.4 Å². The van der Waals surface area contributed by atoms with Gasteiger partial charge in [0, 0.05) is 25.0 Å². The molecule has 0 spiro atoms. The smallest absolute Gasteiger partial charge is 0.151 e. The van der Waals surface area contributed by atoms with Crippen LogP contribution in [0.15, 0.2) is 12.4 Å². The van der Waals surface area contributed by atoms with Crippen molar-refractivity contribution in [2.75, 3.05) is 18.6 Å². The summed E-state index contributed by atoms with van der Waals surface area (Å²) in [5, 5.41) is 0. The minimum atomic E-state index is -2.81. The molecule has 6 heteroatoms. The molecular weight excluding hydrogens is 250 g/mol. The van der Waals surface area contributed by atoms with Gasteiger partial charge in [0.25, 0.3) is 0 Å². The lowest BCUT2D eigenvalue weighted by Crippen LogP contribution is -2.33. The molecule has 5 nitrogen and oxygen atoms in total. The molecule has 0 bridgehead atoms. The number of aromatic nitrogens is 2. The lowest BCUT2D eigenvalue weighted by Gasteiger charge is -2.22. The molecule has 0 radical (unpaired) electrons. The summed E-state index contributed by atoms with van der Waals surface area (Å²) in [5.74, 6) is 1.63. The Kier molecular flexibility index (Phi) is 4.07. The van der Waals surface area contributed by atoms with E-state index in [2.05, 4.69) is 21.4 Å². The first-order valence-corrected chi connectivity index (χ1v) is 8.24. The van der Waals surface area contributed by atoms with Crippen LogP contribution in [0.5, 0.6) is 0 Å². The molecule has 2 rings (SSSR count). The monoisotopic (exact) mass is 271 g/mol. The maximum absolute atomic E-state index is 11.5. The summed E-state index contributed by atoms with van der Waals surface area (Å²) in [7, 11) is -0.826. The van der Waals surface area contributed by atoms with Gasteiger partial charge in [-0.15, -0.1) is 0 Å². The topological polar surface area (TPSA) is 55.2 Å². The average Bonchev–Trinajstić information content (AvgIpc) is 2.86. The van der Waals surface area contributed by atoms with Crippen LogP contribution in [0.25, 0.3) is 0 Å². The van der Waals surface area contributed by atoms with Crippen molar-refractivity contribution >= 4 is 9.84 Å². The highest BCUT2D eigenvalue weighted by Gasteiger charge is 2.30. The SMILES string of the molecule is CCCn1ccnc1CN(C)C1CCS(=O)(=O)C1. The number of imidazole rings is 1. The summed E-state index contributed by atoms with van der Waals surface area (Å²) in [6.07, 6.45) is 5.61. The van der Waals surface area contributed by atoms with E-state index in [4.69, 9.17) is 0 Å². The zero-order valence-corrected chi connectivity index (χ0v) is 11.9. The van der Waals surface area contributed by atoms with Gasteiger partial charge in [-0.3, -0.25) is 4.90 Å². The number of rotatable bonds is 5. The van der Waals surface area contributed by atoms with E-state index in [0.717, 1.165) is 25.2 Å². The van der Waals surface area contributed by atoms with Gasteiger partial charge in [0.15, 0.2) is 9.84 Å². The lowest BCUT2D eigenvalue weighted by atomic mass is 10.2. The molecule has 0 saturated carbocycles. The highest BCUT2D eigenvalue weighted by atomic mass is 32.2. The Morgan fingerprint density at radius 2 is 2.33 bits per heavy atom. The van der Waals surface area contributed by atoms with Crippen LogP contribution in [0.4, 0.5) is 0 Å².